The number of benzene rings is 6. The van der Waals surface area contributed by atoms with E-state index in [1.807, 2.05) is 6.07 Å². The van der Waals surface area contributed by atoms with E-state index < -0.39 is 0 Å². The van der Waals surface area contributed by atoms with Crippen molar-refractivity contribution in [2.24, 2.45) is 0 Å². The van der Waals surface area contributed by atoms with E-state index in [-0.39, 0.29) is 0 Å². The minimum atomic E-state index is 0.899. The molecule has 0 aliphatic rings. The molecular formula is C36H22N2O. The van der Waals surface area contributed by atoms with Crippen LogP contribution in [0.25, 0.3) is 76.9 Å². The Bertz CT molecular complexity index is 2390. The summed E-state index contributed by atoms with van der Waals surface area (Å²) in [7, 11) is 0. The standard InChI is InChI=1S/C36H22N2O/c1-2-11-23(12-3-1)37-29-16-7-4-13-24(29)26-21-22-27-25-14-5-8-17-30(25)38(36(27)35(26)37)31-18-10-20-33-34(31)28-15-6-9-19-32(28)39-33/h1-22H. The van der Waals surface area contributed by atoms with E-state index in [1.165, 1.54) is 43.6 Å². The fraction of sp³-hybridized carbons (Fsp3) is 0. The first kappa shape index (κ1) is 20.7. The van der Waals surface area contributed by atoms with Gasteiger partial charge in [-0.2, -0.15) is 0 Å². The van der Waals surface area contributed by atoms with Crippen LogP contribution in [0.15, 0.2) is 138 Å². The van der Waals surface area contributed by atoms with Crippen LogP contribution in [-0.2, 0) is 0 Å². The van der Waals surface area contributed by atoms with Gasteiger partial charge in [-0.25, -0.2) is 0 Å². The van der Waals surface area contributed by atoms with Crippen LogP contribution in [-0.4, -0.2) is 9.13 Å². The Balaban J connectivity index is 1.58. The molecule has 3 heteroatoms. The zero-order valence-corrected chi connectivity index (χ0v) is 21.0. The molecule has 6 aromatic carbocycles. The molecule has 9 aromatic rings. The van der Waals surface area contributed by atoms with Gasteiger partial charge in [0.25, 0.3) is 0 Å². The summed E-state index contributed by atoms with van der Waals surface area (Å²) in [5, 5.41) is 7.24. The van der Waals surface area contributed by atoms with E-state index in [0.717, 1.165) is 33.3 Å². The van der Waals surface area contributed by atoms with Crippen LogP contribution in [0, 0.1) is 0 Å². The number of furan rings is 1. The lowest BCUT2D eigenvalue weighted by Gasteiger charge is -2.13. The molecule has 3 nitrogen and oxygen atoms in total. The van der Waals surface area contributed by atoms with Crippen LogP contribution >= 0.6 is 0 Å². The molecule has 0 atom stereocenters. The van der Waals surface area contributed by atoms with Gasteiger partial charge in [0.15, 0.2) is 0 Å². The molecule has 0 fully saturated rings. The summed E-state index contributed by atoms with van der Waals surface area (Å²) in [6, 6.07) is 47.5. The Hall–Kier alpha value is -5.28. The maximum atomic E-state index is 6.33. The third kappa shape index (κ3) is 2.71. The van der Waals surface area contributed by atoms with Crippen LogP contribution in [0.3, 0.4) is 0 Å². The van der Waals surface area contributed by atoms with Crippen molar-refractivity contribution in [2.45, 2.75) is 0 Å². The topological polar surface area (TPSA) is 23.0 Å². The van der Waals surface area contributed by atoms with Gasteiger partial charge in [-0.05, 0) is 42.5 Å². The van der Waals surface area contributed by atoms with Crippen LogP contribution < -0.4 is 0 Å². The average molecular weight is 499 g/mol. The van der Waals surface area contributed by atoms with Gasteiger partial charge in [-0.1, -0.05) is 91.0 Å². The third-order valence-electron chi connectivity index (χ3n) is 8.10. The number of hydrogen-bond acceptors (Lipinski definition) is 1. The number of aromatic nitrogens is 2. The molecule has 0 bridgehead atoms. The summed E-state index contributed by atoms with van der Waals surface area (Å²) >= 11 is 0. The molecule has 39 heavy (non-hydrogen) atoms. The second kappa shape index (κ2) is 7.62. The maximum Gasteiger partial charge on any atom is 0.137 e. The predicted octanol–water partition coefficient (Wildman–Crippen LogP) is 9.78. The molecule has 9 rings (SSSR count). The lowest BCUT2D eigenvalue weighted by molar-refractivity contribution is 0.669. The Morgan fingerprint density at radius 2 is 0.949 bits per heavy atom. The highest BCUT2D eigenvalue weighted by molar-refractivity contribution is 6.24. The minimum absolute atomic E-state index is 0.899. The number of hydrogen-bond donors (Lipinski definition) is 0. The summed E-state index contributed by atoms with van der Waals surface area (Å²) in [5.41, 5.74) is 8.88. The first-order valence-corrected chi connectivity index (χ1v) is 13.3. The second-order valence-electron chi connectivity index (χ2n) is 10.1. The van der Waals surface area contributed by atoms with Crippen molar-refractivity contribution in [3.05, 3.63) is 133 Å². The SMILES string of the molecule is c1ccc(-n2c3ccccc3c3ccc4c5ccccc5n(-c5cccc6oc7ccccc7c56)c4c32)cc1. The maximum absolute atomic E-state index is 6.33. The van der Waals surface area contributed by atoms with Crippen molar-refractivity contribution >= 4 is 65.6 Å². The van der Waals surface area contributed by atoms with Crippen LogP contribution in [0.5, 0.6) is 0 Å². The highest BCUT2D eigenvalue weighted by Gasteiger charge is 2.22. The van der Waals surface area contributed by atoms with Crippen molar-refractivity contribution in [3.8, 4) is 11.4 Å². The Morgan fingerprint density at radius 1 is 0.385 bits per heavy atom. The summed E-state index contributed by atoms with van der Waals surface area (Å²) in [6.07, 6.45) is 0. The summed E-state index contributed by atoms with van der Waals surface area (Å²) in [6.45, 7) is 0. The molecule has 0 saturated carbocycles. The Morgan fingerprint density at radius 3 is 1.69 bits per heavy atom. The molecular weight excluding hydrogens is 476 g/mol. The zero-order chi connectivity index (χ0) is 25.5. The van der Waals surface area contributed by atoms with E-state index in [2.05, 4.69) is 137 Å². The molecule has 0 unspecified atom stereocenters. The fourth-order valence-electron chi connectivity index (χ4n) is 6.54. The van der Waals surface area contributed by atoms with Gasteiger partial charge in [0.1, 0.15) is 11.2 Å². The van der Waals surface area contributed by atoms with Crippen LogP contribution in [0.4, 0.5) is 0 Å². The summed E-state index contributed by atoms with van der Waals surface area (Å²) in [4.78, 5) is 0. The second-order valence-corrected chi connectivity index (χ2v) is 10.1. The molecule has 3 heterocycles. The van der Waals surface area contributed by atoms with Gasteiger partial charge >= 0.3 is 0 Å². The van der Waals surface area contributed by atoms with E-state index in [9.17, 15) is 0 Å². The Kier molecular flexibility index (Phi) is 4.05. The number of rotatable bonds is 2. The average Bonchev–Trinajstić information content (AvgIpc) is 3.65. The smallest absolute Gasteiger partial charge is 0.137 e. The number of fused-ring (bicyclic) bond motifs is 10. The van der Waals surface area contributed by atoms with Gasteiger partial charge < -0.3 is 13.6 Å². The molecule has 182 valence electrons. The molecule has 0 radical (unpaired) electrons. The quantitative estimate of drug-likeness (QED) is 0.233. The molecule has 0 spiro atoms. The van der Waals surface area contributed by atoms with E-state index in [1.54, 1.807) is 0 Å². The van der Waals surface area contributed by atoms with Gasteiger partial charge in [0, 0.05) is 32.6 Å². The third-order valence-corrected chi connectivity index (χ3v) is 8.10. The molecule has 3 aromatic heterocycles. The number of nitrogens with zero attached hydrogens (tertiary/aromatic N) is 2. The molecule has 0 amide bonds. The zero-order valence-electron chi connectivity index (χ0n) is 21.0. The van der Waals surface area contributed by atoms with Gasteiger partial charge in [0.2, 0.25) is 0 Å². The number of para-hydroxylation sites is 4. The monoisotopic (exact) mass is 498 g/mol. The van der Waals surface area contributed by atoms with Crippen LogP contribution in [0.2, 0.25) is 0 Å². The largest absolute Gasteiger partial charge is 0.456 e. The molecule has 0 saturated heterocycles. The lowest BCUT2D eigenvalue weighted by atomic mass is 10.1. The van der Waals surface area contributed by atoms with E-state index in [4.69, 9.17) is 4.42 Å². The highest BCUT2D eigenvalue weighted by atomic mass is 16.3. The van der Waals surface area contributed by atoms with Crippen LogP contribution in [0.1, 0.15) is 0 Å². The molecule has 0 aliphatic heterocycles. The van der Waals surface area contributed by atoms with Gasteiger partial charge in [0.05, 0.1) is 33.1 Å². The molecule has 0 N–H and O–H groups in total. The van der Waals surface area contributed by atoms with Crippen molar-refractivity contribution in [2.75, 3.05) is 0 Å². The lowest BCUT2D eigenvalue weighted by Crippen LogP contribution is -1.99. The van der Waals surface area contributed by atoms with Crippen molar-refractivity contribution in [1.29, 1.82) is 0 Å². The van der Waals surface area contributed by atoms with Crippen molar-refractivity contribution in [1.82, 2.24) is 9.13 Å². The van der Waals surface area contributed by atoms with Gasteiger partial charge in [-0.3, -0.25) is 0 Å². The molecule has 0 aliphatic carbocycles. The van der Waals surface area contributed by atoms with Crippen molar-refractivity contribution in [3.63, 3.8) is 0 Å². The highest BCUT2D eigenvalue weighted by Crippen LogP contribution is 2.43. The Labute approximate surface area is 223 Å². The van der Waals surface area contributed by atoms with E-state index >= 15 is 0 Å². The normalized spacial score (nSPS) is 12.1. The first-order valence-electron chi connectivity index (χ1n) is 13.3. The van der Waals surface area contributed by atoms with E-state index in [0.29, 0.717) is 0 Å². The summed E-state index contributed by atoms with van der Waals surface area (Å²) in [5.74, 6) is 0. The predicted molar refractivity (Wildman–Crippen MR) is 162 cm³/mol. The minimum Gasteiger partial charge on any atom is -0.456 e. The fourth-order valence-corrected chi connectivity index (χ4v) is 6.54. The van der Waals surface area contributed by atoms with Gasteiger partial charge in [-0.15, -0.1) is 0 Å². The van der Waals surface area contributed by atoms with Crippen molar-refractivity contribution < 1.29 is 4.42 Å². The first-order chi connectivity index (χ1) is 19.4. The summed E-state index contributed by atoms with van der Waals surface area (Å²) < 4.78 is 11.2.